The van der Waals surface area contributed by atoms with E-state index >= 15 is 0 Å². The summed E-state index contributed by atoms with van der Waals surface area (Å²) in [6.07, 6.45) is 2.02. The molecule has 6 heteroatoms. The molecule has 0 bridgehead atoms. The molecule has 0 aliphatic rings. The van der Waals surface area contributed by atoms with Crippen LogP contribution in [0.15, 0.2) is 59.0 Å². The van der Waals surface area contributed by atoms with E-state index in [1.807, 2.05) is 6.07 Å². The molecule has 29 heavy (non-hydrogen) atoms. The Morgan fingerprint density at radius 2 is 2.00 bits per heavy atom. The lowest BCUT2D eigenvalue weighted by Crippen LogP contribution is -2.12. The maximum absolute atomic E-state index is 12.7. The molecule has 3 rings (SSSR count). The molecular weight excluding hydrogens is 370 g/mol. The number of aliphatic hydroxyl groups is 1. The highest BCUT2D eigenvalue weighted by molar-refractivity contribution is 6.04. The van der Waals surface area contributed by atoms with E-state index in [1.165, 1.54) is 0 Å². The lowest BCUT2D eigenvalue weighted by molar-refractivity contribution is 0.102. The van der Waals surface area contributed by atoms with Crippen LogP contribution in [0.3, 0.4) is 0 Å². The fourth-order valence-electron chi connectivity index (χ4n) is 2.85. The van der Waals surface area contributed by atoms with Gasteiger partial charge in [-0.05, 0) is 55.0 Å². The van der Waals surface area contributed by atoms with Gasteiger partial charge in [-0.2, -0.15) is 0 Å². The molecule has 0 spiro atoms. The molecule has 0 saturated carbocycles. The van der Waals surface area contributed by atoms with E-state index in [9.17, 15) is 9.90 Å². The number of unbranched alkanes of at least 4 members (excludes halogenated alkanes) is 1. The number of carbonyl (C=O) groups excluding carboxylic acids is 1. The lowest BCUT2D eigenvalue weighted by atomic mass is 10.1. The Hall–Kier alpha value is -3.25. The van der Waals surface area contributed by atoms with E-state index in [0.717, 1.165) is 12.8 Å². The number of hydrogen-bond acceptors (Lipinski definition) is 5. The van der Waals surface area contributed by atoms with Gasteiger partial charge in [0.25, 0.3) is 5.91 Å². The van der Waals surface area contributed by atoms with Crippen LogP contribution in [0.5, 0.6) is 11.5 Å². The highest BCUT2D eigenvalue weighted by atomic mass is 16.5. The van der Waals surface area contributed by atoms with Crippen LogP contribution in [0.2, 0.25) is 0 Å². The molecule has 1 heterocycles. The van der Waals surface area contributed by atoms with E-state index in [2.05, 4.69) is 12.2 Å². The van der Waals surface area contributed by atoms with E-state index in [1.54, 1.807) is 55.6 Å². The summed E-state index contributed by atoms with van der Waals surface area (Å²) in [7, 11) is 1.57. The summed E-state index contributed by atoms with van der Waals surface area (Å²) in [5.41, 5.74) is 1.80. The van der Waals surface area contributed by atoms with Crippen LogP contribution in [-0.2, 0) is 6.61 Å². The third-order valence-corrected chi connectivity index (χ3v) is 4.40. The molecule has 0 aliphatic carbocycles. The van der Waals surface area contributed by atoms with Crippen molar-refractivity contribution in [1.82, 2.24) is 0 Å². The van der Waals surface area contributed by atoms with E-state index < -0.39 is 0 Å². The second kappa shape index (κ2) is 9.80. The second-order valence-corrected chi connectivity index (χ2v) is 6.52. The fourth-order valence-corrected chi connectivity index (χ4v) is 2.85. The average molecular weight is 395 g/mol. The first-order valence-corrected chi connectivity index (χ1v) is 9.56. The summed E-state index contributed by atoms with van der Waals surface area (Å²) in [6, 6.07) is 15.9. The minimum atomic E-state index is -0.238. The standard InChI is InChI=1S/C23H25NO5/c1-3-4-12-28-18-7-5-6-16(13-18)23(26)24-17-8-10-21(27-2)20(14-17)22-11-9-19(15-25)29-22/h5-11,13-14,25H,3-4,12,15H2,1-2H3,(H,24,26). The number of ether oxygens (including phenoxy) is 2. The van der Waals surface area contributed by atoms with E-state index in [0.29, 0.717) is 46.4 Å². The van der Waals surface area contributed by atoms with Gasteiger partial charge in [0.15, 0.2) is 0 Å². The number of rotatable bonds is 9. The zero-order valence-electron chi connectivity index (χ0n) is 16.6. The van der Waals surface area contributed by atoms with Crippen LogP contribution in [0.1, 0.15) is 35.9 Å². The number of hydrogen-bond donors (Lipinski definition) is 2. The number of amides is 1. The monoisotopic (exact) mass is 395 g/mol. The highest BCUT2D eigenvalue weighted by Crippen LogP contribution is 2.34. The smallest absolute Gasteiger partial charge is 0.255 e. The summed E-state index contributed by atoms with van der Waals surface area (Å²) in [5, 5.41) is 12.1. The van der Waals surface area contributed by atoms with Gasteiger partial charge in [-0.3, -0.25) is 4.79 Å². The maximum atomic E-state index is 12.7. The van der Waals surface area contributed by atoms with Gasteiger partial charge >= 0.3 is 0 Å². The first kappa shape index (κ1) is 20.5. The van der Waals surface area contributed by atoms with Crippen LogP contribution in [0, 0.1) is 0 Å². The molecule has 2 N–H and O–H groups in total. The van der Waals surface area contributed by atoms with Gasteiger partial charge in [0.1, 0.15) is 29.6 Å². The predicted molar refractivity (Wildman–Crippen MR) is 111 cm³/mol. The number of aliphatic hydroxyl groups excluding tert-OH is 1. The van der Waals surface area contributed by atoms with E-state index in [4.69, 9.17) is 13.9 Å². The molecule has 0 aliphatic heterocycles. The average Bonchev–Trinajstić information content (AvgIpc) is 3.23. The molecule has 1 amide bonds. The summed E-state index contributed by atoms with van der Waals surface area (Å²) in [5.74, 6) is 2.05. The summed E-state index contributed by atoms with van der Waals surface area (Å²) in [4.78, 5) is 12.7. The van der Waals surface area contributed by atoms with Gasteiger partial charge in [-0.1, -0.05) is 19.4 Å². The van der Waals surface area contributed by atoms with Crippen molar-refractivity contribution >= 4 is 11.6 Å². The first-order valence-electron chi connectivity index (χ1n) is 9.56. The Bertz CT molecular complexity index is 963. The molecule has 3 aromatic rings. The van der Waals surface area contributed by atoms with Crippen LogP contribution < -0.4 is 14.8 Å². The first-order chi connectivity index (χ1) is 14.1. The van der Waals surface area contributed by atoms with Crippen molar-refractivity contribution in [3.8, 4) is 22.8 Å². The molecule has 6 nitrogen and oxygen atoms in total. The van der Waals surface area contributed by atoms with Gasteiger partial charge in [0.2, 0.25) is 0 Å². The molecule has 152 valence electrons. The summed E-state index contributed by atoms with van der Waals surface area (Å²) < 4.78 is 16.7. The Kier molecular flexibility index (Phi) is 6.92. The quantitative estimate of drug-likeness (QED) is 0.505. The van der Waals surface area contributed by atoms with Gasteiger partial charge in [-0.25, -0.2) is 0 Å². The van der Waals surface area contributed by atoms with Crippen molar-refractivity contribution < 1.29 is 23.8 Å². The van der Waals surface area contributed by atoms with Crippen molar-refractivity contribution in [2.45, 2.75) is 26.4 Å². The van der Waals surface area contributed by atoms with Gasteiger partial charge in [-0.15, -0.1) is 0 Å². The van der Waals surface area contributed by atoms with Crippen LogP contribution >= 0.6 is 0 Å². The minimum absolute atomic E-state index is 0.185. The number of methoxy groups -OCH3 is 1. The Morgan fingerprint density at radius 3 is 2.72 bits per heavy atom. The zero-order chi connectivity index (χ0) is 20.6. The van der Waals surface area contributed by atoms with Crippen LogP contribution in [0.4, 0.5) is 5.69 Å². The predicted octanol–water partition coefficient (Wildman–Crippen LogP) is 4.88. The number of anilines is 1. The number of furan rings is 1. The van der Waals surface area contributed by atoms with Crippen molar-refractivity contribution in [1.29, 1.82) is 0 Å². The lowest BCUT2D eigenvalue weighted by Gasteiger charge is -2.11. The van der Waals surface area contributed by atoms with Crippen LogP contribution in [0.25, 0.3) is 11.3 Å². The van der Waals surface area contributed by atoms with Gasteiger partial charge in [0.05, 0.1) is 19.3 Å². The maximum Gasteiger partial charge on any atom is 0.255 e. The molecule has 2 aromatic carbocycles. The fraction of sp³-hybridized carbons (Fsp3) is 0.261. The largest absolute Gasteiger partial charge is 0.496 e. The topological polar surface area (TPSA) is 80.9 Å². The molecule has 0 fully saturated rings. The number of nitrogens with one attached hydrogen (secondary N) is 1. The Balaban J connectivity index is 1.78. The van der Waals surface area contributed by atoms with Crippen molar-refractivity contribution in [2.24, 2.45) is 0 Å². The molecule has 0 atom stereocenters. The van der Waals surface area contributed by atoms with Crippen LogP contribution in [-0.4, -0.2) is 24.7 Å². The molecular formula is C23H25NO5. The minimum Gasteiger partial charge on any atom is -0.496 e. The Morgan fingerprint density at radius 1 is 1.14 bits per heavy atom. The van der Waals surface area contributed by atoms with Crippen molar-refractivity contribution in [2.75, 3.05) is 19.0 Å². The third-order valence-electron chi connectivity index (χ3n) is 4.40. The normalized spacial score (nSPS) is 10.6. The third kappa shape index (κ3) is 5.18. The second-order valence-electron chi connectivity index (χ2n) is 6.52. The van der Waals surface area contributed by atoms with Gasteiger partial charge < -0.3 is 24.3 Å². The van der Waals surface area contributed by atoms with Crippen molar-refractivity contribution in [3.05, 3.63) is 65.9 Å². The molecule has 0 unspecified atom stereocenters. The summed E-state index contributed by atoms with van der Waals surface area (Å²) >= 11 is 0. The van der Waals surface area contributed by atoms with Gasteiger partial charge in [0, 0.05) is 11.3 Å². The SMILES string of the molecule is CCCCOc1cccc(C(=O)Nc2ccc(OC)c(-c3ccc(CO)o3)c2)c1. The molecule has 0 radical (unpaired) electrons. The molecule has 0 saturated heterocycles. The highest BCUT2D eigenvalue weighted by Gasteiger charge is 2.14. The van der Waals surface area contributed by atoms with Crippen molar-refractivity contribution in [3.63, 3.8) is 0 Å². The zero-order valence-corrected chi connectivity index (χ0v) is 16.6. The number of benzene rings is 2. The number of carbonyl (C=O) groups is 1. The molecule has 1 aromatic heterocycles. The summed E-state index contributed by atoms with van der Waals surface area (Å²) in [6.45, 7) is 2.54. The van der Waals surface area contributed by atoms with E-state index in [-0.39, 0.29) is 12.5 Å². The Labute approximate surface area is 170 Å².